The normalized spacial score (nSPS) is 16.3. The van der Waals surface area contributed by atoms with Crippen molar-refractivity contribution >= 4 is 37.4 Å². The highest BCUT2D eigenvalue weighted by Crippen LogP contribution is 2.33. The molecule has 2 rings (SSSR count). The third-order valence-corrected chi connectivity index (χ3v) is 3.66. The molecule has 0 radical (unpaired) electrons. The third-order valence-electron chi connectivity index (χ3n) is 1.99. The highest BCUT2D eigenvalue weighted by Gasteiger charge is 2.14. The second-order valence-corrected chi connectivity index (χ2v) is 5.83. The van der Waals surface area contributed by atoms with Gasteiger partial charge in [0.1, 0.15) is 0 Å². The molecule has 0 saturated carbocycles. The van der Waals surface area contributed by atoms with Crippen LogP contribution in [0.2, 0.25) is 0 Å². The van der Waals surface area contributed by atoms with Crippen LogP contribution in [0, 0.1) is 0 Å². The van der Waals surface area contributed by atoms with Gasteiger partial charge in [-0.05, 0) is 39.0 Å². The molecule has 0 fully saturated rings. The third kappa shape index (κ3) is 1.73. The van der Waals surface area contributed by atoms with Crippen LogP contribution in [0.4, 0.5) is 0 Å². The van der Waals surface area contributed by atoms with Gasteiger partial charge in [0.2, 0.25) is 0 Å². The summed E-state index contributed by atoms with van der Waals surface area (Å²) in [6.45, 7) is 5.81. The zero-order chi connectivity index (χ0) is 13.8. The van der Waals surface area contributed by atoms with Crippen molar-refractivity contribution in [3.63, 3.8) is 0 Å². The predicted octanol–water partition coefficient (Wildman–Crippen LogP) is 4.96. The van der Waals surface area contributed by atoms with Crippen molar-refractivity contribution in [2.24, 2.45) is 0 Å². The molecule has 0 aliphatic carbocycles. The van der Waals surface area contributed by atoms with Gasteiger partial charge in [0.15, 0.2) is 0 Å². The standard InChI is InChI=1S/C12H13BrS/c1-12(2,3)8-4-5-11-9(6-8)10(13)7-14-11/h4-7H,1-3H3/i4D,5D,6D,7D. The molecule has 14 heavy (non-hydrogen) atoms. The molecule has 0 bridgehead atoms. The van der Waals surface area contributed by atoms with Gasteiger partial charge < -0.3 is 0 Å². The van der Waals surface area contributed by atoms with Gasteiger partial charge in [-0.15, -0.1) is 11.3 Å². The molecule has 1 aromatic heterocycles. The second-order valence-electron chi connectivity index (χ2n) is 4.22. The molecule has 0 N–H and O–H groups in total. The Bertz CT molecular complexity index is 640. The summed E-state index contributed by atoms with van der Waals surface area (Å²) in [5, 5.41) is 0.897. The quantitative estimate of drug-likeness (QED) is 0.636. The lowest BCUT2D eigenvalue weighted by Gasteiger charge is -2.18. The molecule has 1 heterocycles. The van der Waals surface area contributed by atoms with Crippen LogP contribution in [-0.2, 0) is 5.41 Å². The summed E-state index contributed by atoms with van der Waals surface area (Å²) in [6.07, 6.45) is 0. The SMILES string of the molecule is [2H]c1sc2c([2H])c([2H])c(C(C)(C)C)c([2H])c2c1Br. The van der Waals surface area contributed by atoms with Gasteiger partial charge >= 0.3 is 0 Å². The van der Waals surface area contributed by atoms with Gasteiger partial charge in [-0.1, -0.05) is 26.8 Å². The Labute approximate surface area is 103 Å². The van der Waals surface area contributed by atoms with Gasteiger partial charge in [-0.25, -0.2) is 0 Å². The topological polar surface area (TPSA) is 0 Å². The first kappa shape index (κ1) is 6.29. The zero-order valence-electron chi connectivity index (χ0n) is 12.3. The Morgan fingerprint density at radius 2 is 2.07 bits per heavy atom. The monoisotopic (exact) mass is 272 g/mol. The molecule has 2 aromatic rings. The maximum atomic E-state index is 8.28. The van der Waals surface area contributed by atoms with Crippen molar-refractivity contribution in [1.82, 2.24) is 0 Å². The molecular weight excluding hydrogens is 256 g/mol. The molecule has 0 unspecified atom stereocenters. The first-order valence-corrected chi connectivity index (χ1v) is 5.96. The molecule has 0 aliphatic heterocycles. The van der Waals surface area contributed by atoms with E-state index in [0.717, 1.165) is 11.3 Å². The number of rotatable bonds is 0. The van der Waals surface area contributed by atoms with Gasteiger partial charge in [-0.2, -0.15) is 0 Å². The lowest BCUT2D eigenvalue weighted by molar-refractivity contribution is 0.591. The molecule has 0 aliphatic rings. The molecule has 0 saturated heterocycles. The van der Waals surface area contributed by atoms with Crippen molar-refractivity contribution in [2.45, 2.75) is 26.2 Å². The Kier molecular flexibility index (Phi) is 1.51. The summed E-state index contributed by atoms with van der Waals surface area (Å²) in [5.74, 6) is 0. The Morgan fingerprint density at radius 1 is 1.36 bits per heavy atom. The summed E-state index contributed by atoms with van der Waals surface area (Å²) in [4.78, 5) is 0. The highest BCUT2D eigenvalue weighted by atomic mass is 79.9. The van der Waals surface area contributed by atoms with E-state index in [1.54, 1.807) is 0 Å². The fraction of sp³-hybridized carbons (Fsp3) is 0.333. The molecule has 0 spiro atoms. The smallest absolute Gasteiger partial charge is 0.0752 e. The van der Waals surface area contributed by atoms with Gasteiger partial charge in [0.25, 0.3) is 0 Å². The van der Waals surface area contributed by atoms with E-state index < -0.39 is 0 Å². The van der Waals surface area contributed by atoms with Crippen molar-refractivity contribution in [2.75, 3.05) is 0 Å². The van der Waals surface area contributed by atoms with Gasteiger partial charge in [-0.3, -0.25) is 0 Å². The summed E-state index contributed by atoms with van der Waals surface area (Å²) in [7, 11) is 0. The number of thiophene rings is 1. The average molecular weight is 273 g/mol. The molecule has 0 nitrogen and oxygen atoms in total. The number of hydrogen-bond acceptors (Lipinski definition) is 1. The van der Waals surface area contributed by atoms with Crippen molar-refractivity contribution in [3.8, 4) is 0 Å². The van der Waals surface area contributed by atoms with Crippen LogP contribution in [0.5, 0.6) is 0 Å². The number of hydrogen-bond donors (Lipinski definition) is 0. The van der Waals surface area contributed by atoms with Gasteiger partial charge in [0, 0.05) is 19.9 Å². The second kappa shape index (κ2) is 3.35. The van der Waals surface area contributed by atoms with E-state index in [9.17, 15) is 0 Å². The van der Waals surface area contributed by atoms with Crippen LogP contribution in [-0.4, -0.2) is 0 Å². The first-order valence-electron chi connectivity index (χ1n) is 6.35. The Balaban J connectivity index is 3.03. The van der Waals surface area contributed by atoms with E-state index >= 15 is 0 Å². The van der Waals surface area contributed by atoms with Crippen LogP contribution in [0.1, 0.15) is 31.8 Å². The maximum Gasteiger partial charge on any atom is 0.0752 e. The number of benzene rings is 1. The average Bonchev–Trinajstić information content (AvgIpc) is 2.51. The molecule has 74 valence electrons. The van der Waals surface area contributed by atoms with E-state index in [2.05, 4.69) is 15.9 Å². The lowest BCUT2D eigenvalue weighted by Crippen LogP contribution is -2.10. The fourth-order valence-electron chi connectivity index (χ4n) is 1.15. The molecular formula is C12H13BrS. The fourth-order valence-corrected chi connectivity index (χ4v) is 2.47. The minimum atomic E-state index is -0.359. The number of fused-ring (bicyclic) bond motifs is 1. The summed E-state index contributed by atoms with van der Waals surface area (Å²) in [5.41, 5.74) is 0.209. The van der Waals surface area contributed by atoms with E-state index in [1.165, 1.54) is 0 Å². The van der Waals surface area contributed by atoms with E-state index in [1.807, 2.05) is 20.8 Å². The van der Waals surface area contributed by atoms with Crippen LogP contribution in [0.25, 0.3) is 10.1 Å². The van der Waals surface area contributed by atoms with Crippen molar-refractivity contribution in [3.05, 3.63) is 33.5 Å². The maximum absolute atomic E-state index is 8.28. The molecule has 1 aromatic carbocycles. The van der Waals surface area contributed by atoms with Crippen LogP contribution in [0.3, 0.4) is 0 Å². The minimum absolute atomic E-state index is 0.105. The zero-order valence-corrected chi connectivity index (χ0v) is 10.7. The largest absolute Gasteiger partial charge is 0.143 e. The van der Waals surface area contributed by atoms with Crippen LogP contribution in [0.15, 0.2) is 28.0 Å². The van der Waals surface area contributed by atoms with Crippen LogP contribution < -0.4 is 0 Å². The molecule has 2 heteroatoms. The Hall–Kier alpha value is -0.340. The van der Waals surface area contributed by atoms with Gasteiger partial charge in [0.05, 0.1) is 5.48 Å². The summed E-state index contributed by atoms with van der Waals surface area (Å²) < 4.78 is 33.3. The van der Waals surface area contributed by atoms with E-state index in [4.69, 9.17) is 5.48 Å². The molecule has 0 atom stereocenters. The summed E-state index contributed by atoms with van der Waals surface area (Å²) >= 11 is 4.46. The highest BCUT2D eigenvalue weighted by molar-refractivity contribution is 9.10. The van der Waals surface area contributed by atoms with Crippen molar-refractivity contribution < 1.29 is 5.48 Å². The lowest BCUT2D eigenvalue weighted by atomic mass is 9.87. The first-order chi connectivity index (χ1) is 8.16. The van der Waals surface area contributed by atoms with Crippen LogP contribution >= 0.6 is 27.3 Å². The minimum Gasteiger partial charge on any atom is -0.143 e. The van der Waals surface area contributed by atoms with E-state index in [0.29, 0.717) is 25.5 Å². The number of halogens is 1. The molecule has 0 amide bonds. The van der Waals surface area contributed by atoms with Crippen molar-refractivity contribution in [1.29, 1.82) is 0 Å². The van der Waals surface area contributed by atoms with E-state index in [-0.39, 0.29) is 23.5 Å². The summed E-state index contributed by atoms with van der Waals surface area (Å²) in [6, 6.07) is 0.490. The predicted molar refractivity (Wildman–Crippen MR) is 68.2 cm³/mol. The Morgan fingerprint density at radius 3 is 2.71 bits per heavy atom.